The van der Waals surface area contributed by atoms with Gasteiger partial charge in [0, 0.05) is 19.2 Å². The molecule has 2 aromatic heterocycles. The lowest BCUT2D eigenvalue weighted by Gasteiger charge is -2.32. The Morgan fingerprint density at radius 3 is 2.88 bits per heavy atom. The van der Waals surface area contributed by atoms with Crippen molar-refractivity contribution in [3.63, 3.8) is 0 Å². The molecule has 0 spiro atoms. The van der Waals surface area contributed by atoms with Gasteiger partial charge in [0.1, 0.15) is 23.2 Å². The molecule has 0 saturated carbocycles. The Balaban J connectivity index is 1.59. The minimum atomic E-state index is -0.0817. The van der Waals surface area contributed by atoms with Gasteiger partial charge in [0.25, 0.3) is 0 Å². The normalized spacial score (nSPS) is 18.5. The Morgan fingerprint density at radius 2 is 2.21 bits per heavy atom. The number of carbonyl (C=O) groups is 1. The van der Waals surface area contributed by atoms with Gasteiger partial charge in [-0.2, -0.15) is 5.10 Å². The maximum atomic E-state index is 12.4. The van der Waals surface area contributed by atoms with E-state index in [1.165, 1.54) is 0 Å². The Morgan fingerprint density at radius 1 is 1.38 bits per heavy atom. The number of amides is 1. The van der Waals surface area contributed by atoms with E-state index in [-0.39, 0.29) is 12.0 Å². The van der Waals surface area contributed by atoms with Crippen molar-refractivity contribution in [3.05, 3.63) is 41.4 Å². The van der Waals surface area contributed by atoms with E-state index < -0.39 is 0 Å². The summed E-state index contributed by atoms with van der Waals surface area (Å²) in [6.45, 7) is 7.90. The van der Waals surface area contributed by atoms with Gasteiger partial charge in [-0.25, -0.2) is 9.67 Å². The highest BCUT2D eigenvalue weighted by Gasteiger charge is 2.24. The van der Waals surface area contributed by atoms with Gasteiger partial charge in [0.2, 0.25) is 5.91 Å². The zero-order valence-electron chi connectivity index (χ0n) is 14.2. The van der Waals surface area contributed by atoms with E-state index in [9.17, 15) is 4.79 Å². The summed E-state index contributed by atoms with van der Waals surface area (Å²) in [5.74, 6) is 3.07. The van der Waals surface area contributed by atoms with Gasteiger partial charge in [-0.1, -0.05) is 0 Å². The summed E-state index contributed by atoms with van der Waals surface area (Å²) in [7, 11) is 0. The molecule has 3 rings (SSSR count). The van der Waals surface area contributed by atoms with Crippen LogP contribution in [0.1, 0.15) is 23.2 Å². The van der Waals surface area contributed by atoms with Crippen LogP contribution in [0.2, 0.25) is 0 Å². The Bertz CT molecular complexity index is 747. The quantitative estimate of drug-likeness (QED) is 0.798. The monoisotopic (exact) mass is 330 g/mol. The molecule has 1 amide bonds. The lowest BCUT2D eigenvalue weighted by Crippen LogP contribution is -2.46. The maximum Gasteiger partial charge on any atom is 0.246 e. The minimum absolute atomic E-state index is 0.0381. The molecule has 0 aliphatic carbocycles. The van der Waals surface area contributed by atoms with Crippen LogP contribution in [0.4, 0.5) is 0 Å². The molecule has 24 heavy (non-hydrogen) atoms. The molecule has 0 radical (unpaired) electrons. The van der Waals surface area contributed by atoms with Gasteiger partial charge in [-0.15, -0.1) is 0 Å². The van der Waals surface area contributed by atoms with Gasteiger partial charge < -0.3 is 14.1 Å². The molecule has 0 N–H and O–H groups in total. The van der Waals surface area contributed by atoms with Crippen LogP contribution in [0.3, 0.4) is 0 Å². The number of nitrogens with zero attached hydrogens (tertiary/aromatic N) is 4. The van der Waals surface area contributed by atoms with E-state index in [0.717, 1.165) is 17.4 Å². The number of morpholine rings is 1. The van der Waals surface area contributed by atoms with E-state index in [1.807, 2.05) is 37.6 Å². The third kappa shape index (κ3) is 3.91. The molecule has 0 unspecified atom stereocenters. The summed E-state index contributed by atoms with van der Waals surface area (Å²) >= 11 is 0. The van der Waals surface area contributed by atoms with Crippen LogP contribution in [0, 0.1) is 20.8 Å². The number of furan rings is 1. The summed E-state index contributed by atoms with van der Waals surface area (Å²) in [6, 6.07) is 3.72. The molecule has 3 heterocycles. The summed E-state index contributed by atoms with van der Waals surface area (Å²) in [6.07, 6.45) is 3.16. The lowest BCUT2D eigenvalue weighted by atomic mass is 10.2. The number of rotatable bonds is 4. The number of carbonyl (C=O) groups excluding carboxylic acids is 1. The summed E-state index contributed by atoms with van der Waals surface area (Å²) < 4.78 is 13.0. The zero-order chi connectivity index (χ0) is 17.1. The van der Waals surface area contributed by atoms with Crippen molar-refractivity contribution in [1.82, 2.24) is 19.7 Å². The number of hydrogen-bond acceptors (Lipinski definition) is 5. The van der Waals surface area contributed by atoms with Crippen molar-refractivity contribution in [2.45, 2.75) is 33.4 Å². The summed E-state index contributed by atoms with van der Waals surface area (Å²) in [5.41, 5.74) is 0. The van der Waals surface area contributed by atoms with Crippen molar-refractivity contribution in [2.24, 2.45) is 0 Å². The molecule has 1 aliphatic rings. The first-order valence-corrected chi connectivity index (χ1v) is 8.04. The second-order valence-corrected chi connectivity index (χ2v) is 5.95. The van der Waals surface area contributed by atoms with E-state index in [4.69, 9.17) is 9.15 Å². The highest BCUT2D eigenvalue weighted by Crippen LogP contribution is 2.11. The highest BCUT2D eigenvalue weighted by molar-refractivity contribution is 5.91. The van der Waals surface area contributed by atoms with Crippen LogP contribution in [-0.4, -0.2) is 51.4 Å². The van der Waals surface area contributed by atoms with E-state index in [0.29, 0.717) is 32.0 Å². The van der Waals surface area contributed by atoms with Gasteiger partial charge in [0.15, 0.2) is 0 Å². The van der Waals surface area contributed by atoms with E-state index >= 15 is 0 Å². The fourth-order valence-electron chi connectivity index (χ4n) is 2.76. The average molecular weight is 330 g/mol. The van der Waals surface area contributed by atoms with Crippen molar-refractivity contribution >= 4 is 12.0 Å². The van der Waals surface area contributed by atoms with E-state index in [2.05, 4.69) is 10.1 Å². The second-order valence-electron chi connectivity index (χ2n) is 5.95. The molecule has 1 fully saturated rings. The SMILES string of the molecule is Cc1nc(C)n(C[C@@H]2CN(C(=O)/C=C\c3ccc(C)o3)CCO2)n1. The fraction of sp³-hybridized carbons (Fsp3) is 0.471. The third-order valence-electron chi connectivity index (χ3n) is 3.94. The first-order chi connectivity index (χ1) is 11.5. The van der Waals surface area contributed by atoms with Crippen molar-refractivity contribution in [3.8, 4) is 0 Å². The van der Waals surface area contributed by atoms with Crippen molar-refractivity contribution in [1.29, 1.82) is 0 Å². The first kappa shape index (κ1) is 16.4. The maximum absolute atomic E-state index is 12.4. The molecule has 1 aliphatic heterocycles. The third-order valence-corrected chi connectivity index (χ3v) is 3.94. The second kappa shape index (κ2) is 7.00. The standard InChI is InChI=1S/C17H22N4O3/c1-12-4-5-15(24-12)6-7-17(22)20-8-9-23-16(10-20)11-21-14(3)18-13(2)19-21/h4-7,16H,8-11H2,1-3H3/b7-6-/t16-/m0/s1. The molecule has 0 aromatic carbocycles. The molecular weight excluding hydrogens is 308 g/mol. The first-order valence-electron chi connectivity index (χ1n) is 8.04. The largest absolute Gasteiger partial charge is 0.462 e. The van der Waals surface area contributed by atoms with Crippen LogP contribution in [0.15, 0.2) is 22.6 Å². The molecule has 128 valence electrons. The predicted octanol–water partition coefficient (Wildman–Crippen LogP) is 1.74. The zero-order valence-corrected chi connectivity index (χ0v) is 14.2. The number of aromatic nitrogens is 3. The van der Waals surface area contributed by atoms with Gasteiger partial charge >= 0.3 is 0 Å². The predicted molar refractivity (Wildman–Crippen MR) is 88.3 cm³/mol. The van der Waals surface area contributed by atoms with Crippen LogP contribution >= 0.6 is 0 Å². The number of hydrogen-bond donors (Lipinski definition) is 0. The molecule has 1 atom stereocenters. The molecule has 7 nitrogen and oxygen atoms in total. The van der Waals surface area contributed by atoms with Crippen LogP contribution in [0.5, 0.6) is 0 Å². The highest BCUT2D eigenvalue weighted by atomic mass is 16.5. The fourth-order valence-corrected chi connectivity index (χ4v) is 2.76. The van der Waals surface area contributed by atoms with Gasteiger partial charge in [0.05, 0.1) is 19.3 Å². The molecule has 2 aromatic rings. The Kier molecular flexibility index (Phi) is 4.80. The lowest BCUT2D eigenvalue weighted by molar-refractivity contribution is -0.134. The molecule has 1 saturated heterocycles. The molecule has 0 bridgehead atoms. The molecule has 7 heteroatoms. The smallest absolute Gasteiger partial charge is 0.246 e. The topological polar surface area (TPSA) is 73.4 Å². The number of aryl methyl sites for hydroxylation is 3. The Hall–Kier alpha value is -2.41. The summed E-state index contributed by atoms with van der Waals surface area (Å²) in [4.78, 5) is 18.4. The van der Waals surface area contributed by atoms with Crippen molar-refractivity contribution in [2.75, 3.05) is 19.7 Å². The molecular formula is C17H22N4O3. The van der Waals surface area contributed by atoms with Crippen LogP contribution in [0.25, 0.3) is 6.08 Å². The van der Waals surface area contributed by atoms with Crippen molar-refractivity contribution < 1.29 is 13.9 Å². The van der Waals surface area contributed by atoms with Gasteiger partial charge in [-0.3, -0.25) is 4.79 Å². The van der Waals surface area contributed by atoms with Crippen LogP contribution in [-0.2, 0) is 16.1 Å². The number of ether oxygens (including phenoxy) is 1. The van der Waals surface area contributed by atoms with Gasteiger partial charge in [-0.05, 0) is 39.0 Å². The average Bonchev–Trinajstić information content (AvgIpc) is 3.10. The minimum Gasteiger partial charge on any atom is -0.462 e. The summed E-state index contributed by atoms with van der Waals surface area (Å²) in [5, 5.41) is 4.35. The van der Waals surface area contributed by atoms with Crippen LogP contribution < -0.4 is 0 Å². The Labute approximate surface area is 140 Å². The van der Waals surface area contributed by atoms with E-state index in [1.54, 1.807) is 17.1 Å².